The highest BCUT2D eigenvalue weighted by Crippen LogP contribution is 2.38. The number of rotatable bonds is 5. The fraction of sp³-hybridized carbons (Fsp3) is 0.273. The minimum absolute atomic E-state index is 0.0659. The van der Waals surface area contributed by atoms with Crippen LogP contribution in [0.25, 0.3) is 22.2 Å². The fourth-order valence-electron chi connectivity index (χ4n) is 3.90. The van der Waals surface area contributed by atoms with Crippen molar-refractivity contribution in [3.05, 3.63) is 63.5 Å². The smallest absolute Gasteiger partial charge is 0.260 e. The molecule has 1 fully saturated rings. The Labute approximate surface area is 183 Å². The summed E-state index contributed by atoms with van der Waals surface area (Å²) < 4.78 is 6.98. The summed E-state index contributed by atoms with van der Waals surface area (Å²) in [5.41, 5.74) is 8.05. The fourth-order valence-corrected chi connectivity index (χ4v) is 4.16. The molecule has 8 nitrogen and oxygen atoms in total. The summed E-state index contributed by atoms with van der Waals surface area (Å²) in [6, 6.07) is 9.15. The van der Waals surface area contributed by atoms with Gasteiger partial charge in [-0.2, -0.15) is 4.98 Å². The van der Waals surface area contributed by atoms with E-state index in [1.54, 1.807) is 25.3 Å². The van der Waals surface area contributed by atoms with E-state index in [9.17, 15) is 4.79 Å². The van der Waals surface area contributed by atoms with E-state index in [0.29, 0.717) is 39.2 Å². The number of fused-ring (bicyclic) bond motifs is 1. The molecule has 1 aliphatic rings. The molecule has 0 saturated heterocycles. The molecule has 0 spiro atoms. The van der Waals surface area contributed by atoms with Gasteiger partial charge in [0.2, 0.25) is 11.7 Å². The lowest BCUT2D eigenvalue weighted by atomic mass is 10.1. The van der Waals surface area contributed by atoms with E-state index < -0.39 is 0 Å². The highest BCUT2D eigenvalue weighted by atomic mass is 35.5. The standard InChI is InChI=1S/C22H21ClN6O2/c1-11(26-20-19(16(24)8-9-25-20)21-27-12(2)31-28-21)17-10-13-4-3-5-15(23)18(13)22(30)29(17)14-6-7-14/h3-5,8-11,14H,6-7H2,1-2H3,(H3,24,25,26)/t11-/m0/s1. The van der Waals surface area contributed by atoms with Gasteiger partial charge in [0, 0.05) is 30.5 Å². The zero-order chi connectivity index (χ0) is 21.7. The summed E-state index contributed by atoms with van der Waals surface area (Å²) in [6.07, 6.45) is 3.56. The average molecular weight is 437 g/mol. The van der Waals surface area contributed by atoms with Gasteiger partial charge in [0.05, 0.1) is 22.0 Å². The van der Waals surface area contributed by atoms with Gasteiger partial charge in [-0.25, -0.2) is 4.98 Å². The molecule has 31 heavy (non-hydrogen) atoms. The van der Waals surface area contributed by atoms with Crippen molar-refractivity contribution in [2.24, 2.45) is 0 Å². The van der Waals surface area contributed by atoms with Crippen LogP contribution in [-0.4, -0.2) is 19.7 Å². The molecule has 3 N–H and O–H groups in total. The first-order valence-electron chi connectivity index (χ1n) is 10.1. The van der Waals surface area contributed by atoms with Crippen molar-refractivity contribution in [3.63, 3.8) is 0 Å². The Morgan fingerprint density at radius 1 is 1.32 bits per heavy atom. The number of halogens is 1. The lowest BCUT2D eigenvalue weighted by Crippen LogP contribution is -2.26. The second kappa shape index (κ2) is 7.39. The van der Waals surface area contributed by atoms with Gasteiger partial charge >= 0.3 is 0 Å². The van der Waals surface area contributed by atoms with Gasteiger partial charge in [0.25, 0.3) is 5.56 Å². The maximum atomic E-state index is 13.3. The van der Waals surface area contributed by atoms with Gasteiger partial charge in [-0.15, -0.1) is 0 Å². The van der Waals surface area contributed by atoms with Crippen LogP contribution in [0.3, 0.4) is 0 Å². The second-order valence-corrected chi connectivity index (χ2v) is 8.21. The summed E-state index contributed by atoms with van der Waals surface area (Å²) in [5, 5.41) is 9.23. The number of nitrogens with one attached hydrogen (secondary N) is 1. The molecule has 0 amide bonds. The molecule has 158 valence electrons. The highest BCUT2D eigenvalue weighted by Gasteiger charge is 2.30. The molecule has 0 radical (unpaired) electrons. The summed E-state index contributed by atoms with van der Waals surface area (Å²) >= 11 is 6.35. The lowest BCUT2D eigenvalue weighted by molar-refractivity contribution is 0.394. The first-order valence-corrected chi connectivity index (χ1v) is 10.5. The van der Waals surface area contributed by atoms with Crippen LogP contribution in [0.15, 0.2) is 45.8 Å². The summed E-state index contributed by atoms with van der Waals surface area (Å²) in [7, 11) is 0. The number of hydrogen-bond donors (Lipinski definition) is 2. The number of pyridine rings is 2. The second-order valence-electron chi connectivity index (χ2n) is 7.81. The van der Waals surface area contributed by atoms with Crippen LogP contribution in [0.2, 0.25) is 5.02 Å². The van der Waals surface area contributed by atoms with Crippen molar-refractivity contribution >= 4 is 33.9 Å². The number of nitrogens with zero attached hydrogens (tertiary/aromatic N) is 4. The van der Waals surface area contributed by atoms with Crippen molar-refractivity contribution in [1.82, 2.24) is 19.7 Å². The molecule has 0 bridgehead atoms. The van der Waals surface area contributed by atoms with E-state index >= 15 is 0 Å². The molecule has 1 aliphatic carbocycles. The maximum Gasteiger partial charge on any atom is 0.260 e. The molecule has 0 unspecified atom stereocenters. The topological polar surface area (TPSA) is 112 Å². The molecule has 1 atom stereocenters. The normalized spacial score (nSPS) is 14.7. The number of benzene rings is 1. The zero-order valence-electron chi connectivity index (χ0n) is 17.1. The minimum Gasteiger partial charge on any atom is -0.398 e. The largest absolute Gasteiger partial charge is 0.398 e. The quantitative estimate of drug-likeness (QED) is 0.473. The third-order valence-corrected chi connectivity index (χ3v) is 5.82. The molecule has 3 aromatic heterocycles. The number of nitrogens with two attached hydrogens (primary N) is 1. The molecule has 1 saturated carbocycles. The Kier molecular flexibility index (Phi) is 4.66. The van der Waals surface area contributed by atoms with Crippen LogP contribution in [0, 0.1) is 6.92 Å². The van der Waals surface area contributed by atoms with Crippen LogP contribution in [0.5, 0.6) is 0 Å². The minimum atomic E-state index is -0.238. The highest BCUT2D eigenvalue weighted by molar-refractivity contribution is 6.35. The van der Waals surface area contributed by atoms with Gasteiger partial charge in [-0.1, -0.05) is 28.9 Å². The Bertz CT molecular complexity index is 1360. The van der Waals surface area contributed by atoms with Crippen molar-refractivity contribution in [2.75, 3.05) is 11.1 Å². The SMILES string of the molecule is Cc1nc(-c2c(N)ccnc2N[C@@H](C)c2cc3cccc(Cl)c3c(=O)n2C2CC2)no1. The van der Waals surface area contributed by atoms with E-state index in [2.05, 4.69) is 20.4 Å². The van der Waals surface area contributed by atoms with Crippen molar-refractivity contribution in [1.29, 1.82) is 0 Å². The lowest BCUT2D eigenvalue weighted by Gasteiger charge is -2.22. The van der Waals surface area contributed by atoms with E-state index in [1.807, 2.05) is 29.7 Å². The molecular weight excluding hydrogens is 416 g/mol. The van der Waals surface area contributed by atoms with E-state index in [-0.39, 0.29) is 17.6 Å². The number of hydrogen-bond acceptors (Lipinski definition) is 7. The number of anilines is 2. The Morgan fingerprint density at radius 2 is 2.13 bits per heavy atom. The summed E-state index contributed by atoms with van der Waals surface area (Å²) in [6.45, 7) is 3.70. The zero-order valence-corrected chi connectivity index (χ0v) is 17.8. The summed E-state index contributed by atoms with van der Waals surface area (Å²) in [5.74, 6) is 1.32. The van der Waals surface area contributed by atoms with E-state index in [1.165, 1.54) is 0 Å². The number of aromatic nitrogens is 4. The third kappa shape index (κ3) is 3.42. The Balaban J connectivity index is 1.61. The number of aryl methyl sites for hydroxylation is 1. The molecule has 4 aromatic rings. The Morgan fingerprint density at radius 3 is 2.84 bits per heavy atom. The van der Waals surface area contributed by atoms with Crippen LogP contribution in [0.1, 0.15) is 43.4 Å². The summed E-state index contributed by atoms with van der Waals surface area (Å²) in [4.78, 5) is 22.1. The van der Waals surface area contributed by atoms with Crippen molar-refractivity contribution in [2.45, 2.75) is 38.8 Å². The maximum absolute atomic E-state index is 13.3. The van der Waals surface area contributed by atoms with Crippen LogP contribution >= 0.6 is 11.6 Å². The van der Waals surface area contributed by atoms with Gasteiger partial charge in [-0.05, 0) is 43.4 Å². The third-order valence-electron chi connectivity index (χ3n) is 5.50. The first-order chi connectivity index (χ1) is 14.9. The van der Waals surface area contributed by atoms with E-state index in [0.717, 1.165) is 23.9 Å². The van der Waals surface area contributed by atoms with Crippen LogP contribution in [-0.2, 0) is 0 Å². The predicted molar refractivity (Wildman–Crippen MR) is 120 cm³/mol. The van der Waals surface area contributed by atoms with Crippen LogP contribution in [0.4, 0.5) is 11.5 Å². The van der Waals surface area contributed by atoms with Crippen LogP contribution < -0.4 is 16.6 Å². The Hall–Kier alpha value is -3.39. The molecule has 3 heterocycles. The van der Waals surface area contributed by atoms with Crippen molar-refractivity contribution < 1.29 is 4.52 Å². The molecule has 0 aliphatic heterocycles. The average Bonchev–Trinajstić information content (AvgIpc) is 3.48. The number of nitrogen functional groups attached to an aromatic ring is 1. The molecule has 5 rings (SSSR count). The molecular formula is C22H21ClN6O2. The first kappa shape index (κ1) is 19.6. The van der Waals surface area contributed by atoms with Gasteiger partial charge in [0.1, 0.15) is 5.82 Å². The van der Waals surface area contributed by atoms with E-state index in [4.69, 9.17) is 21.9 Å². The van der Waals surface area contributed by atoms with Gasteiger partial charge in [-0.3, -0.25) is 4.79 Å². The monoisotopic (exact) mass is 436 g/mol. The molecule has 1 aromatic carbocycles. The van der Waals surface area contributed by atoms with Gasteiger partial charge < -0.3 is 20.1 Å². The van der Waals surface area contributed by atoms with Crippen molar-refractivity contribution in [3.8, 4) is 11.4 Å². The van der Waals surface area contributed by atoms with Gasteiger partial charge in [0.15, 0.2) is 0 Å². The predicted octanol–water partition coefficient (Wildman–Crippen LogP) is 4.50. The molecule has 9 heteroatoms.